The van der Waals surface area contributed by atoms with Crippen molar-refractivity contribution in [1.29, 1.82) is 0 Å². The zero-order valence-electron chi connectivity index (χ0n) is 8.89. The topological polar surface area (TPSA) is 12.0 Å². The Hall–Kier alpha value is -0.0600. The molecule has 15 heavy (non-hydrogen) atoms. The highest BCUT2D eigenvalue weighted by atomic mass is 79.9. The van der Waals surface area contributed by atoms with Gasteiger partial charge in [0.1, 0.15) is 5.82 Å². The van der Waals surface area contributed by atoms with Crippen molar-refractivity contribution in [2.45, 2.75) is 18.7 Å². The number of halogens is 2. The van der Waals surface area contributed by atoms with Gasteiger partial charge in [-0.05, 0) is 24.5 Å². The first-order valence-electron chi connectivity index (χ1n) is 4.81. The summed E-state index contributed by atoms with van der Waals surface area (Å²) in [6.07, 6.45) is 2.08. The highest BCUT2D eigenvalue weighted by molar-refractivity contribution is 9.10. The average Bonchev–Trinajstić information content (AvgIpc) is 2.23. The third-order valence-electron chi connectivity index (χ3n) is 2.16. The van der Waals surface area contributed by atoms with Crippen molar-refractivity contribution in [3.05, 3.63) is 34.1 Å². The number of rotatable bonds is 5. The van der Waals surface area contributed by atoms with Gasteiger partial charge in [0.25, 0.3) is 0 Å². The second kappa shape index (κ2) is 6.51. The van der Waals surface area contributed by atoms with Crippen molar-refractivity contribution in [3.63, 3.8) is 0 Å². The molecule has 0 aliphatic heterocycles. The zero-order chi connectivity index (χ0) is 11.3. The monoisotopic (exact) mass is 291 g/mol. The highest BCUT2D eigenvalue weighted by Gasteiger charge is 2.03. The number of thioether (sulfide) groups is 1. The Labute approximate surface area is 103 Å². The minimum Gasteiger partial charge on any atom is -0.311 e. The maximum Gasteiger partial charge on any atom is 0.127 e. The Balaban J connectivity index is 2.46. The van der Waals surface area contributed by atoms with Crippen LogP contribution in [0.15, 0.2) is 22.7 Å². The lowest BCUT2D eigenvalue weighted by Crippen LogP contribution is -2.22. The normalized spacial score (nSPS) is 12.8. The summed E-state index contributed by atoms with van der Waals surface area (Å²) in [5, 5.41) is 3.79. The predicted molar refractivity (Wildman–Crippen MR) is 68.8 cm³/mol. The van der Waals surface area contributed by atoms with Crippen LogP contribution in [0, 0.1) is 5.82 Å². The van der Waals surface area contributed by atoms with Gasteiger partial charge in [-0.25, -0.2) is 4.39 Å². The standard InChI is InChI=1S/C11H15BrFNS/c1-8(15-2)6-14-7-9-5-10(12)3-4-11(9)13/h3-5,8,14H,6-7H2,1-2H3. The molecule has 1 aromatic rings. The smallest absolute Gasteiger partial charge is 0.127 e. The molecule has 0 aliphatic rings. The fourth-order valence-corrected chi connectivity index (χ4v) is 1.87. The first-order valence-corrected chi connectivity index (χ1v) is 6.89. The molecule has 0 saturated carbocycles. The molecule has 0 fully saturated rings. The van der Waals surface area contributed by atoms with Crippen LogP contribution in [0.1, 0.15) is 12.5 Å². The quantitative estimate of drug-likeness (QED) is 0.892. The van der Waals surface area contributed by atoms with E-state index < -0.39 is 0 Å². The molecular weight excluding hydrogens is 277 g/mol. The van der Waals surface area contributed by atoms with Crippen LogP contribution in [0.5, 0.6) is 0 Å². The van der Waals surface area contributed by atoms with E-state index in [1.54, 1.807) is 17.8 Å². The van der Waals surface area contributed by atoms with Crippen LogP contribution in [0.25, 0.3) is 0 Å². The Morgan fingerprint density at radius 2 is 2.27 bits per heavy atom. The molecule has 0 spiro atoms. The van der Waals surface area contributed by atoms with Crippen molar-refractivity contribution >= 4 is 27.7 Å². The Kier molecular flexibility index (Phi) is 5.64. The summed E-state index contributed by atoms with van der Waals surface area (Å²) in [4.78, 5) is 0. The molecule has 4 heteroatoms. The van der Waals surface area contributed by atoms with Gasteiger partial charge < -0.3 is 5.32 Å². The fraction of sp³-hybridized carbons (Fsp3) is 0.455. The van der Waals surface area contributed by atoms with Crippen molar-refractivity contribution in [3.8, 4) is 0 Å². The molecule has 1 unspecified atom stereocenters. The SMILES string of the molecule is CSC(C)CNCc1cc(Br)ccc1F. The van der Waals surface area contributed by atoms with E-state index in [0.29, 0.717) is 17.4 Å². The van der Waals surface area contributed by atoms with Gasteiger partial charge in [-0.3, -0.25) is 0 Å². The van der Waals surface area contributed by atoms with Gasteiger partial charge in [0.05, 0.1) is 0 Å². The number of benzene rings is 1. The molecule has 1 nitrogen and oxygen atoms in total. The highest BCUT2D eigenvalue weighted by Crippen LogP contribution is 2.15. The summed E-state index contributed by atoms with van der Waals surface area (Å²) in [6, 6.07) is 5.01. The third-order valence-corrected chi connectivity index (χ3v) is 3.62. The van der Waals surface area contributed by atoms with E-state index in [2.05, 4.69) is 34.4 Å². The molecule has 1 rings (SSSR count). The van der Waals surface area contributed by atoms with E-state index in [1.165, 1.54) is 6.07 Å². The molecule has 0 radical (unpaired) electrons. The van der Waals surface area contributed by atoms with Crippen LogP contribution in [-0.4, -0.2) is 18.1 Å². The third kappa shape index (κ3) is 4.53. The van der Waals surface area contributed by atoms with Crippen LogP contribution in [-0.2, 0) is 6.54 Å². The van der Waals surface area contributed by atoms with Crippen LogP contribution < -0.4 is 5.32 Å². The molecule has 0 bridgehead atoms. The van der Waals surface area contributed by atoms with Gasteiger partial charge in [0.15, 0.2) is 0 Å². The minimum absolute atomic E-state index is 0.150. The Bertz CT molecular complexity index is 319. The Morgan fingerprint density at radius 1 is 1.53 bits per heavy atom. The molecule has 1 atom stereocenters. The molecule has 0 aromatic heterocycles. The largest absolute Gasteiger partial charge is 0.311 e. The maximum atomic E-state index is 13.3. The van der Waals surface area contributed by atoms with Gasteiger partial charge in [-0.2, -0.15) is 11.8 Å². The lowest BCUT2D eigenvalue weighted by molar-refractivity contribution is 0.587. The molecule has 1 N–H and O–H groups in total. The van der Waals surface area contributed by atoms with E-state index in [9.17, 15) is 4.39 Å². The molecule has 0 saturated heterocycles. The van der Waals surface area contributed by atoms with Crippen molar-refractivity contribution in [2.24, 2.45) is 0 Å². The second-order valence-electron chi connectivity index (χ2n) is 3.41. The summed E-state index contributed by atoms with van der Waals surface area (Å²) in [5.74, 6) is -0.150. The maximum absolute atomic E-state index is 13.3. The lowest BCUT2D eigenvalue weighted by atomic mass is 10.2. The van der Waals surface area contributed by atoms with Crippen LogP contribution in [0.2, 0.25) is 0 Å². The fourth-order valence-electron chi connectivity index (χ4n) is 1.17. The molecule has 1 aromatic carbocycles. The molecule has 84 valence electrons. The van der Waals surface area contributed by atoms with Crippen molar-refractivity contribution in [1.82, 2.24) is 5.32 Å². The second-order valence-corrected chi connectivity index (χ2v) is 5.60. The van der Waals surface area contributed by atoms with E-state index in [1.807, 2.05) is 6.07 Å². The average molecular weight is 292 g/mol. The zero-order valence-corrected chi connectivity index (χ0v) is 11.3. The van der Waals surface area contributed by atoms with Crippen LogP contribution in [0.4, 0.5) is 4.39 Å². The van der Waals surface area contributed by atoms with E-state index >= 15 is 0 Å². The first kappa shape index (κ1) is 13.0. The van der Waals surface area contributed by atoms with Gasteiger partial charge in [-0.15, -0.1) is 0 Å². The van der Waals surface area contributed by atoms with Gasteiger partial charge >= 0.3 is 0 Å². The van der Waals surface area contributed by atoms with Crippen LogP contribution >= 0.6 is 27.7 Å². The predicted octanol–water partition coefficient (Wildman–Crippen LogP) is 3.43. The molecule has 0 aliphatic carbocycles. The van der Waals surface area contributed by atoms with E-state index in [-0.39, 0.29) is 5.82 Å². The summed E-state index contributed by atoms with van der Waals surface area (Å²) in [7, 11) is 0. The number of hydrogen-bond acceptors (Lipinski definition) is 2. The number of hydrogen-bond donors (Lipinski definition) is 1. The lowest BCUT2D eigenvalue weighted by Gasteiger charge is -2.10. The van der Waals surface area contributed by atoms with Gasteiger partial charge in [-0.1, -0.05) is 22.9 Å². The van der Waals surface area contributed by atoms with E-state index in [4.69, 9.17) is 0 Å². The molecular formula is C11H15BrFNS. The summed E-state index contributed by atoms with van der Waals surface area (Å²) < 4.78 is 14.2. The minimum atomic E-state index is -0.150. The summed E-state index contributed by atoms with van der Waals surface area (Å²) in [6.45, 7) is 3.62. The van der Waals surface area contributed by atoms with Crippen molar-refractivity contribution in [2.75, 3.05) is 12.8 Å². The van der Waals surface area contributed by atoms with Crippen molar-refractivity contribution < 1.29 is 4.39 Å². The molecule has 0 amide bonds. The van der Waals surface area contributed by atoms with E-state index in [0.717, 1.165) is 11.0 Å². The number of nitrogens with one attached hydrogen (secondary N) is 1. The summed E-state index contributed by atoms with van der Waals surface area (Å²) >= 11 is 5.13. The van der Waals surface area contributed by atoms with Gasteiger partial charge in [0, 0.05) is 28.4 Å². The first-order chi connectivity index (χ1) is 7.13. The Morgan fingerprint density at radius 3 is 2.93 bits per heavy atom. The molecule has 0 heterocycles. The summed E-state index contributed by atoms with van der Waals surface area (Å²) in [5.41, 5.74) is 0.706. The van der Waals surface area contributed by atoms with Gasteiger partial charge in [0.2, 0.25) is 0 Å². The van der Waals surface area contributed by atoms with Crippen LogP contribution in [0.3, 0.4) is 0 Å².